The minimum absolute atomic E-state index is 0.0290. The fraction of sp³-hybridized carbons (Fsp3) is 0.417. The second-order valence-electron chi connectivity index (χ2n) is 8.29. The summed E-state index contributed by atoms with van der Waals surface area (Å²) in [6, 6.07) is 15.5. The number of benzene rings is 2. The van der Waals surface area contributed by atoms with Crippen LogP contribution in [0.1, 0.15) is 47.3 Å². The molecule has 2 atom stereocenters. The van der Waals surface area contributed by atoms with Gasteiger partial charge < -0.3 is 10.2 Å². The monoisotopic (exact) mass is 440 g/mol. The van der Waals surface area contributed by atoms with E-state index >= 15 is 0 Å². The van der Waals surface area contributed by atoms with E-state index in [0.29, 0.717) is 30.2 Å². The third-order valence-corrected chi connectivity index (χ3v) is 6.51. The van der Waals surface area contributed by atoms with Gasteiger partial charge in [0.25, 0.3) is 5.91 Å². The second kappa shape index (κ2) is 9.81. The van der Waals surface area contributed by atoms with Gasteiger partial charge in [0.05, 0.1) is 12.0 Å². The lowest BCUT2D eigenvalue weighted by Crippen LogP contribution is -2.49. The summed E-state index contributed by atoms with van der Waals surface area (Å²) in [5.41, 5.74) is 9.42. The number of likely N-dealkylation sites (tertiary alicyclic amines) is 1. The Labute approximate surface area is 188 Å². The van der Waals surface area contributed by atoms with Gasteiger partial charge in [0.1, 0.15) is 0 Å². The summed E-state index contributed by atoms with van der Waals surface area (Å²) in [5, 5.41) is 3.62. The number of aryl methyl sites for hydroxylation is 1. The molecular formula is C24H29ClN4O2. The Morgan fingerprint density at radius 2 is 1.87 bits per heavy atom. The average Bonchev–Trinajstić information content (AvgIpc) is 3.29. The van der Waals surface area contributed by atoms with E-state index in [1.807, 2.05) is 4.90 Å². The summed E-state index contributed by atoms with van der Waals surface area (Å²) in [6.45, 7) is 4.05. The molecule has 0 spiro atoms. The van der Waals surface area contributed by atoms with Crippen molar-refractivity contribution < 1.29 is 9.59 Å². The Bertz CT molecular complexity index is 925. The molecular weight excluding hydrogens is 412 g/mol. The fourth-order valence-electron chi connectivity index (χ4n) is 4.38. The van der Waals surface area contributed by atoms with Crippen molar-refractivity contribution in [3.63, 3.8) is 0 Å². The van der Waals surface area contributed by atoms with Crippen molar-refractivity contribution in [3.05, 3.63) is 70.2 Å². The maximum absolute atomic E-state index is 13.2. The summed E-state index contributed by atoms with van der Waals surface area (Å²) in [7, 11) is 0. The topological polar surface area (TPSA) is 73.5 Å². The van der Waals surface area contributed by atoms with Crippen molar-refractivity contribution in [2.45, 2.75) is 38.3 Å². The number of halogens is 1. The first-order chi connectivity index (χ1) is 15.0. The van der Waals surface area contributed by atoms with Gasteiger partial charge in [0, 0.05) is 36.3 Å². The predicted molar refractivity (Wildman–Crippen MR) is 122 cm³/mol. The van der Waals surface area contributed by atoms with Crippen LogP contribution in [0.2, 0.25) is 5.02 Å². The van der Waals surface area contributed by atoms with Crippen LogP contribution >= 0.6 is 11.6 Å². The highest BCUT2D eigenvalue weighted by Gasteiger charge is 2.37. The number of carbonyl (C=O) groups excluding carboxylic acids is 2. The van der Waals surface area contributed by atoms with Gasteiger partial charge in [-0.2, -0.15) is 0 Å². The van der Waals surface area contributed by atoms with Crippen LogP contribution in [0, 0.1) is 5.92 Å². The standard InChI is InChI=1S/C24H29ClN4O2/c1-2-16-6-8-17(9-7-16)22-21(15-26-28-22)24(31)29-12-10-20(11-13-29)27-23(30)18-4-3-5-19(25)14-18/h3-9,14,20-22,26,28H,2,10-13,15H2,1H3,(H,27,30). The van der Waals surface area contributed by atoms with E-state index in [-0.39, 0.29) is 29.8 Å². The van der Waals surface area contributed by atoms with Crippen molar-refractivity contribution in [1.82, 2.24) is 21.1 Å². The van der Waals surface area contributed by atoms with Crippen LogP contribution in [0.25, 0.3) is 0 Å². The van der Waals surface area contributed by atoms with Crippen molar-refractivity contribution in [2.24, 2.45) is 5.92 Å². The van der Waals surface area contributed by atoms with E-state index in [2.05, 4.69) is 47.4 Å². The van der Waals surface area contributed by atoms with E-state index in [9.17, 15) is 9.59 Å². The molecule has 2 saturated heterocycles. The SMILES string of the molecule is CCc1ccc(C2NNCC2C(=O)N2CCC(NC(=O)c3cccc(Cl)c3)CC2)cc1. The molecule has 2 heterocycles. The molecule has 2 aliphatic heterocycles. The average molecular weight is 441 g/mol. The molecule has 2 unspecified atom stereocenters. The highest BCUT2D eigenvalue weighted by atomic mass is 35.5. The van der Waals surface area contributed by atoms with Gasteiger partial charge in [0.15, 0.2) is 0 Å². The molecule has 31 heavy (non-hydrogen) atoms. The molecule has 0 aliphatic carbocycles. The van der Waals surface area contributed by atoms with Gasteiger partial charge in [0.2, 0.25) is 5.91 Å². The molecule has 6 nitrogen and oxygen atoms in total. The second-order valence-corrected chi connectivity index (χ2v) is 8.72. The molecule has 164 valence electrons. The van der Waals surface area contributed by atoms with Gasteiger partial charge in [-0.1, -0.05) is 48.9 Å². The van der Waals surface area contributed by atoms with Crippen LogP contribution in [0.3, 0.4) is 0 Å². The van der Waals surface area contributed by atoms with Crippen LogP contribution in [0.5, 0.6) is 0 Å². The molecule has 2 aliphatic rings. The summed E-state index contributed by atoms with van der Waals surface area (Å²) in [5.74, 6) is -0.0844. The zero-order valence-corrected chi connectivity index (χ0v) is 18.5. The number of nitrogens with one attached hydrogen (secondary N) is 3. The lowest BCUT2D eigenvalue weighted by Gasteiger charge is -2.34. The van der Waals surface area contributed by atoms with Gasteiger partial charge in [-0.25, -0.2) is 5.43 Å². The normalized spacial score (nSPS) is 21.8. The Morgan fingerprint density at radius 1 is 1.13 bits per heavy atom. The highest BCUT2D eigenvalue weighted by Crippen LogP contribution is 2.28. The fourth-order valence-corrected chi connectivity index (χ4v) is 4.57. The number of hydrogen-bond donors (Lipinski definition) is 3. The van der Waals surface area contributed by atoms with Crippen LogP contribution in [0.4, 0.5) is 0 Å². The predicted octanol–water partition coefficient (Wildman–Crippen LogP) is 3.09. The van der Waals surface area contributed by atoms with Crippen molar-refractivity contribution in [2.75, 3.05) is 19.6 Å². The van der Waals surface area contributed by atoms with Crippen molar-refractivity contribution in [3.8, 4) is 0 Å². The van der Waals surface area contributed by atoms with Gasteiger partial charge in [-0.05, 0) is 48.6 Å². The summed E-state index contributed by atoms with van der Waals surface area (Å²) in [4.78, 5) is 27.6. The molecule has 3 N–H and O–H groups in total. The van der Waals surface area contributed by atoms with E-state index in [4.69, 9.17) is 11.6 Å². The summed E-state index contributed by atoms with van der Waals surface area (Å²) >= 11 is 5.98. The molecule has 4 rings (SSSR count). The first-order valence-electron chi connectivity index (χ1n) is 11.0. The molecule has 2 aromatic carbocycles. The minimum Gasteiger partial charge on any atom is -0.349 e. The molecule has 0 bridgehead atoms. The van der Waals surface area contributed by atoms with Crippen LogP contribution in [-0.2, 0) is 11.2 Å². The number of carbonyl (C=O) groups is 2. The Hall–Kier alpha value is -2.41. The Morgan fingerprint density at radius 3 is 2.55 bits per heavy atom. The van der Waals surface area contributed by atoms with Gasteiger partial charge in [-0.3, -0.25) is 15.0 Å². The number of hydrazine groups is 1. The van der Waals surface area contributed by atoms with Gasteiger partial charge >= 0.3 is 0 Å². The third kappa shape index (κ3) is 5.09. The van der Waals surface area contributed by atoms with Crippen LogP contribution in [0.15, 0.2) is 48.5 Å². The van der Waals surface area contributed by atoms with E-state index in [1.54, 1.807) is 24.3 Å². The molecule has 2 amide bonds. The van der Waals surface area contributed by atoms with Crippen LogP contribution < -0.4 is 16.2 Å². The molecule has 2 aromatic rings. The smallest absolute Gasteiger partial charge is 0.251 e. The first-order valence-corrected chi connectivity index (χ1v) is 11.4. The van der Waals surface area contributed by atoms with Crippen LogP contribution in [-0.4, -0.2) is 42.4 Å². The highest BCUT2D eigenvalue weighted by molar-refractivity contribution is 6.30. The van der Waals surface area contributed by atoms with Crippen molar-refractivity contribution in [1.29, 1.82) is 0 Å². The maximum Gasteiger partial charge on any atom is 0.251 e. The molecule has 0 saturated carbocycles. The van der Waals surface area contributed by atoms with E-state index in [1.165, 1.54) is 5.56 Å². The lowest BCUT2D eigenvalue weighted by molar-refractivity contribution is -0.136. The van der Waals surface area contributed by atoms with Crippen molar-refractivity contribution >= 4 is 23.4 Å². The molecule has 0 radical (unpaired) electrons. The first kappa shape index (κ1) is 21.8. The summed E-state index contributed by atoms with van der Waals surface area (Å²) < 4.78 is 0. The number of nitrogens with zero attached hydrogens (tertiary/aromatic N) is 1. The number of piperidine rings is 1. The number of rotatable bonds is 5. The zero-order chi connectivity index (χ0) is 21.8. The van der Waals surface area contributed by atoms with E-state index < -0.39 is 0 Å². The lowest BCUT2D eigenvalue weighted by atomic mass is 9.92. The quantitative estimate of drug-likeness (QED) is 0.668. The van der Waals surface area contributed by atoms with E-state index in [0.717, 1.165) is 24.8 Å². The summed E-state index contributed by atoms with van der Waals surface area (Å²) in [6.07, 6.45) is 2.50. The van der Waals surface area contributed by atoms with Gasteiger partial charge in [-0.15, -0.1) is 0 Å². The number of amides is 2. The zero-order valence-electron chi connectivity index (χ0n) is 17.7. The number of hydrogen-bond acceptors (Lipinski definition) is 4. The third-order valence-electron chi connectivity index (χ3n) is 6.27. The Balaban J connectivity index is 1.32. The molecule has 7 heteroatoms. The largest absolute Gasteiger partial charge is 0.349 e. The molecule has 2 fully saturated rings. The minimum atomic E-state index is -0.134. The Kier molecular flexibility index (Phi) is 6.90. The molecule has 0 aromatic heterocycles. The maximum atomic E-state index is 13.2.